The number of carboxylic acids is 1. The fourth-order valence-electron chi connectivity index (χ4n) is 2.01. The van der Waals surface area contributed by atoms with E-state index in [2.05, 4.69) is 0 Å². The van der Waals surface area contributed by atoms with Gasteiger partial charge < -0.3 is 19.4 Å². The van der Waals surface area contributed by atoms with E-state index in [1.165, 1.54) is 6.92 Å². The van der Waals surface area contributed by atoms with E-state index in [9.17, 15) is 9.59 Å². The molecule has 0 radical (unpaired) electrons. The highest BCUT2D eigenvalue weighted by molar-refractivity contribution is 5.72. The van der Waals surface area contributed by atoms with Gasteiger partial charge in [-0.2, -0.15) is 0 Å². The van der Waals surface area contributed by atoms with E-state index < -0.39 is 23.6 Å². The van der Waals surface area contributed by atoms with Gasteiger partial charge in [-0.25, -0.2) is 0 Å². The van der Waals surface area contributed by atoms with Crippen molar-refractivity contribution in [3.63, 3.8) is 0 Å². The van der Waals surface area contributed by atoms with E-state index >= 15 is 0 Å². The highest BCUT2D eigenvalue weighted by Gasteiger charge is 2.37. The molecule has 6 nitrogen and oxygen atoms in total. The van der Waals surface area contributed by atoms with E-state index in [-0.39, 0.29) is 12.8 Å². The highest BCUT2D eigenvalue weighted by atomic mass is 16.6. The predicted molar refractivity (Wildman–Crippen MR) is 65.9 cm³/mol. The molecular formula is C12H24NO5+. The minimum absolute atomic E-state index is 0.133. The van der Waals surface area contributed by atoms with Gasteiger partial charge in [0.1, 0.15) is 6.54 Å². The number of quaternary nitrogens is 1. The quantitative estimate of drug-likeness (QED) is 0.507. The molecule has 0 aromatic carbocycles. The zero-order valence-electron chi connectivity index (χ0n) is 11.8. The average molecular weight is 262 g/mol. The first kappa shape index (κ1) is 16.9. The minimum atomic E-state index is -1.07. The van der Waals surface area contributed by atoms with Crippen LogP contribution in [0, 0.1) is 0 Å². The fraction of sp³-hybridized carbons (Fsp3) is 0.833. The SMILES string of the molecule is CC(O)CC(=O)OC(C)(CC(=O)O)C[N+](C)(C)C. The molecule has 0 aliphatic rings. The molecule has 0 aliphatic carbocycles. The Bertz CT molecular complexity index is 308. The molecule has 18 heavy (non-hydrogen) atoms. The molecule has 0 rings (SSSR count). The summed E-state index contributed by atoms with van der Waals surface area (Å²) >= 11 is 0. The van der Waals surface area contributed by atoms with Gasteiger partial charge in [-0.1, -0.05) is 0 Å². The summed E-state index contributed by atoms with van der Waals surface area (Å²) in [7, 11) is 5.67. The van der Waals surface area contributed by atoms with Crippen molar-refractivity contribution in [1.29, 1.82) is 0 Å². The van der Waals surface area contributed by atoms with Crippen LogP contribution in [0.25, 0.3) is 0 Å². The van der Waals surface area contributed by atoms with Crippen LogP contribution in [0.2, 0.25) is 0 Å². The first-order valence-corrected chi connectivity index (χ1v) is 5.86. The average Bonchev–Trinajstić information content (AvgIpc) is 1.92. The van der Waals surface area contributed by atoms with Gasteiger partial charge in [0.2, 0.25) is 0 Å². The highest BCUT2D eigenvalue weighted by Crippen LogP contribution is 2.20. The Morgan fingerprint density at radius 2 is 1.83 bits per heavy atom. The van der Waals surface area contributed by atoms with Gasteiger partial charge in [0.25, 0.3) is 0 Å². The third-order valence-corrected chi connectivity index (χ3v) is 2.16. The topological polar surface area (TPSA) is 83.8 Å². The van der Waals surface area contributed by atoms with Crippen molar-refractivity contribution >= 4 is 11.9 Å². The molecule has 0 fully saturated rings. The molecule has 0 amide bonds. The lowest BCUT2D eigenvalue weighted by Crippen LogP contribution is -2.51. The number of aliphatic hydroxyl groups excluding tert-OH is 1. The number of carboxylic acid groups (broad SMARTS) is 1. The number of hydrogen-bond acceptors (Lipinski definition) is 4. The summed E-state index contributed by atoms with van der Waals surface area (Å²) in [5, 5.41) is 18.0. The summed E-state index contributed by atoms with van der Waals surface area (Å²) < 4.78 is 5.72. The first-order chi connectivity index (χ1) is 7.93. The van der Waals surface area contributed by atoms with Crippen LogP contribution < -0.4 is 0 Å². The van der Waals surface area contributed by atoms with E-state index in [1.54, 1.807) is 6.92 Å². The van der Waals surface area contributed by atoms with E-state index in [4.69, 9.17) is 14.9 Å². The molecule has 0 aromatic rings. The Hall–Kier alpha value is -1.14. The molecular weight excluding hydrogens is 238 g/mol. The molecule has 0 saturated heterocycles. The lowest BCUT2D eigenvalue weighted by molar-refractivity contribution is -0.876. The number of likely N-dealkylation sites (N-methyl/N-ethyl adjacent to an activating group) is 1. The molecule has 6 heteroatoms. The maximum absolute atomic E-state index is 11.6. The van der Waals surface area contributed by atoms with E-state index in [0.717, 1.165) is 0 Å². The Kier molecular flexibility index (Phi) is 5.76. The molecule has 0 saturated carbocycles. The maximum Gasteiger partial charge on any atom is 0.309 e. The second-order valence-electron chi connectivity index (χ2n) is 6.00. The van der Waals surface area contributed by atoms with Gasteiger partial charge in [-0.05, 0) is 13.8 Å². The van der Waals surface area contributed by atoms with Crippen LogP contribution in [0.4, 0.5) is 0 Å². The molecule has 0 aromatic heterocycles. The van der Waals surface area contributed by atoms with Crippen LogP contribution in [0.1, 0.15) is 26.7 Å². The molecule has 0 heterocycles. The van der Waals surface area contributed by atoms with Gasteiger partial charge in [-0.15, -0.1) is 0 Å². The Balaban J connectivity index is 4.76. The molecule has 0 aliphatic heterocycles. The van der Waals surface area contributed by atoms with E-state index in [0.29, 0.717) is 11.0 Å². The largest absolute Gasteiger partial charge is 0.481 e. The number of esters is 1. The minimum Gasteiger partial charge on any atom is -0.481 e. The smallest absolute Gasteiger partial charge is 0.309 e. The molecule has 106 valence electrons. The monoisotopic (exact) mass is 262 g/mol. The van der Waals surface area contributed by atoms with Crippen LogP contribution in [0.3, 0.4) is 0 Å². The third kappa shape index (κ3) is 8.03. The van der Waals surface area contributed by atoms with Crippen LogP contribution in [0.5, 0.6) is 0 Å². The zero-order valence-corrected chi connectivity index (χ0v) is 11.8. The summed E-state index contributed by atoms with van der Waals surface area (Å²) in [4.78, 5) is 22.4. The van der Waals surface area contributed by atoms with E-state index in [1.807, 2.05) is 21.1 Å². The number of carbonyl (C=O) groups is 2. The second-order valence-corrected chi connectivity index (χ2v) is 6.00. The number of hydrogen-bond donors (Lipinski definition) is 2. The van der Waals surface area contributed by atoms with Gasteiger partial charge in [0, 0.05) is 0 Å². The van der Waals surface area contributed by atoms with Crippen LogP contribution in [-0.2, 0) is 14.3 Å². The molecule has 2 atom stereocenters. The van der Waals surface area contributed by atoms with Crippen molar-refractivity contribution in [3.05, 3.63) is 0 Å². The van der Waals surface area contributed by atoms with Gasteiger partial charge in [-0.3, -0.25) is 9.59 Å². The number of aliphatic carboxylic acids is 1. The summed E-state index contributed by atoms with van der Waals surface area (Å²) in [6, 6.07) is 0. The van der Waals surface area contributed by atoms with Crippen molar-refractivity contribution in [1.82, 2.24) is 0 Å². The molecule has 2 N–H and O–H groups in total. The maximum atomic E-state index is 11.6. The third-order valence-electron chi connectivity index (χ3n) is 2.16. The Morgan fingerprint density at radius 3 is 2.17 bits per heavy atom. The molecule has 2 unspecified atom stereocenters. The van der Waals surface area contributed by atoms with Crippen LogP contribution >= 0.6 is 0 Å². The summed E-state index contributed by atoms with van der Waals surface area (Å²) in [5.74, 6) is -1.60. The van der Waals surface area contributed by atoms with Gasteiger partial charge >= 0.3 is 11.9 Å². The number of rotatable bonds is 7. The number of nitrogens with zero attached hydrogens (tertiary/aromatic N) is 1. The predicted octanol–water partition coefficient (Wildman–Crippen LogP) is 0.240. The zero-order chi connectivity index (χ0) is 14.6. The molecule has 0 bridgehead atoms. The second kappa shape index (κ2) is 6.15. The summed E-state index contributed by atoms with van der Waals surface area (Å²) in [6.07, 6.45) is -1.18. The summed E-state index contributed by atoms with van der Waals surface area (Å²) in [6.45, 7) is 3.46. The lowest BCUT2D eigenvalue weighted by atomic mass is 10.0. The summed E-state index contributed by atoms with van der Waals surface area (Å²) in [5.41, 5.74) is -1.07. The van der Waals surface area contributed by atoms with Crippen LogP contribution in [0.15, 0.2) is 0 Å². The van der Waals surface area contributed by atoms with Crippen LogP contribution in [-0.4, -0.2) is 66.0 Å². The fourth-order valence-corrected chi connectivity index (χ4v) is 2.01. The number of ether oxygens (including phenoxy) is 1. The number of aliphatic hydroxyl groups is 1. The Labute approximate surface area is 108 Å². The van der Waals surface area contributed by atoms with Crippen molar-refractivity contribution < 1.29 is 29.0 Å². The van der Waals surface area contributed by atoms with Gasteiger partial charge in [0.15, 0.2) is 5.60 Å². The van der Waals surface area contributed by atoms with Crippen molar-refractivity contribution in [2.45, 2.75) is 38.4 Å². The Morgan fingerprint density at radius 1 is 1.33 bits per heavy atom. The lowest BCUT2D eigenvalue weighted by Gasteiger charge is -2.35. The van der Waals surface area contributed by atoms with Gasteiger partial charge in [0.05, 0.1) is 40.1 Å². The standard InChI is InChI=1S/C12H23NO5/c1-9(14)6-11(17)18-12(2,7-10(15)16)8-13(3,4)5/h9,14H,6-8H2,1-5H3/p+1. The molecule has 0 spiro atoms. The van der Waals surface area contributed by atoms with Crippen molar-refractivity contribution in [2.24, 2.45) is 0 Å². The first-order valence-electron chi connectivity index (χ1n) is 5.86. The number of carbonyl (C=O) groups excluding carboxylic acids is 1. The normalized spacial score (nSPS) is 16.8. The van der Waals surface area contributed by atoms with Crippen molar-refractivity contribution in [2.75, 3.05) is 27.7 Å². The van der Waals surface area contributed by atoms with Crippen molar-refractivity contribution in [3.8, 4) is 0 Å².